The molecule has 0 aliphatic rings. The highest BCUT2D eigenvalue weighted by Crippen LogP contribution is 2.14. The molecule has 0 bridgehead atoms. The molecule has 3 aromatic rings. The number of aromatic amines is 1. The third-order valence-corrected chi connectivity index (χ3v) is 3.97. The molecular formula is C20H18N4O5. The second-order valence-corrected chi connectivity index (χ2v) is 6.01. The second-order valence-electron chi connectivity index (χ2n) is 6.01. The van der Waals surface area contributed by atoms with Crippen molar-refractivity contribution in [3.63, 3.8) is 0 Å². The summed E-state index contributed by atoms with van der Waals surface area (Å²) in [5.41, 5.74) is 0.265. The van der Waals surface area contributed by atoms with Crippen LogP contribution < -0.4 is 16.2 Å². The lowest BCUT2D eigenvalue weighted by Crippen LogP contribution is -2.24. The summed E-state index contributed by atoms with van der Waals surface area (Å²) in [4.78, 5) is 48.0. The summed E-state index contributed by atoms with van der Waals surface area (Å²) < 4.78 is 5.01. The van der Waals surface area contributed by atoms with Gasteiger partial charge < -0.3 is 15.4 Å². The first-order valence-electron chi connectivity index (χ1n) is 8.82. The molecule has 0 fully saturated rings. The van der Waals surface area contributed by atoms with Crippen molar-refractivity contribution < 1.29 is 19.1 Å². The Morgan fingerprint density at radius 1 is 1.07 bits per heavy atom. The van der Waals surface area contributed by atoms with Gasteiger partial charge in [0.2, 0.25) is 0 Å². The van der Waals surface area contributed by atoms with Crippen LogP contribution in [0.5, 0.6) is 0 Å². The minimum Gasteiger partial charge on any atom is -0.451 e. The van der Waals surface area contributed by atoms with Crippen molar-refractivity contribution in [2.24, 2.45) is 0 Å². The Labute approximate surface area is 165 Å². The quantitative estimate of drug-likeness (QED) is 0.543. The Balaban J connectivity index is 1.65. The maximum Gasteiger partial charge on any atom is 0.359 e. The zero-order chi connectivity index (χ0) is 20.8. The van der Waals surface area contributed by atoms with Crippen LogP contribution in [0.4, 0.5) is 5.69 Å². The fourth-order valence-electron chi connectivity index (χ4n) is 2.67. The Morgan fingerprint density at radius 2 is 1.83 bits per heavy atom. The number of fused-ring (bicyclic) bond motifs is 1. The number of ether oxygens (including phenoxy) is 1. The average molecular weight is 394 g/mol. The maximum absolute atomic E-state index is 12.3. The van der Waals surface area contributed by atoms with E-state index in [-0.39, 0.29) is 11.6 Å². The molecule has 3 N–H and O–H groups in total. The fourth-order valence-corrected chi connectivity index (χ4v) is 2.67. The summed E-state index contributed by atoms with van der Waals surface area (Å²) in [6, 6.07) is 12.8. The minimum absolute atomic E-state index is 0.0914. The van der Waals surface area contributed by atoms with Gasteiger partial charge in [0.25, 0.3) is 17.4 Å². The third-order valence-electron chi connectivity index (χ3n) is 3.97. The van der Waals surface area contributed by atoms with Gasteiger partial charge in [-0.25, -0.2) is 9.89 Å². The number of esters is 1. The van der Waals surface area contributed by atoms with Crippen molar-refractivity contribution in [2.75, 3.05) is 18.5 Å². The van der Waals surface area contributed by atoms with Crippen LogP contribution in [0.25, 0.3) is 10.8 Å². The Hall–Kier alpha value is -4.01. The molecule has 0 saturated heterocycles. The van der Waals surface area contributed by atoms with Crippen LogP contribution in [-0.2, 0) is 9.53 Å². The van der Waals surface area contributed by atoms with E-state index >= 15 is 0 Å². The summed E-state index contributed by atoms with van der Waals surface area (Å²) in [6.45, 7) is 1.73. The van der Waals surface area contributed by atoms with Crippen LogP contribution in [0.1, 0.15) is 27.8 Å². The number of hydrogen-bond donors (Lipinski definition) is 3. The maximum atomic E-state index is 12.3. The van der Waals surface area contributed by atoms with Gasteiger partial charge in [0, 0.05) is 23.2 Å². The van der Waals surface area contributed by atoms with Crippen LogP contribution >= 0.6 is 0 Å². The molecule has 2 amide bonds. The monoisotopic (exact) mass is 394 g/mol. The number of nitrogens with one attached hydrogen (secondary N) is 3. The van der Waals surface area contributed by atoms with E-state index in [9.17, 15) is 19.2 Å². The number of aromatic nitrogens is 2. The Bertz CT molecular complexity index is 1140. The first-order chi connectivity index (χ1) is 14.0. The van der Waals surface area contributed by atoms with Crippen LogP contribution in [0.15, 0.2) is 53.3 Å². The van der Waals surface area contributed by atoms with Crippen LogP contribution in [0.2, 0.25) is 0 Å². The number of benzene rings is 2. The predicted octanol–water partition coefficient (Wildman–Crippen LogP) is 1.47. The summed E-state index contributed by atoms with van der Waals surface area (Å²) in [7, 11) is 0. The van der Waals surface area contributed by atoms with Gasteiger partial charge in [-0.2, -0.15) is 5.10 Å². The standard InChI is InChI=1S/C20H18N4O5/c1-2-21-18(26)12-6-5-7-13(10-12)22-16(25)11-29-20(28)17-14-8-3-4-9-15(14)19(27)24-23-17/h3-10H,2,11H2,1H3,(H,21,26)(H,22,25)(H,24,27). The number of carbonyl (C=O) groups excluding carboxylic acids is 3. The van der Waals surface area contributed by atoms with Gasteiger partial charge >= 0.3 is 5.97 Å². The summed E-state index contributed by atoms with van der Waals surface area (Å²) in [5, 5.41) is 11.8. The molecule has 9 heteroatoms. The molecule has 0 spiro atoms. The first kappa shape index (κ1) is 19.7. The molecule has 1 heterocycles. The van der Waals surface area contributed by atoms with Crippen LogP contribution in [0.3, 0.4) is 0 Å². The Morgan fingerprint density at radius 3 is 2.59 bits per heavy atom. The number of amides is 2. The molecule has 148 valence electrons. The van der Waals surface area contributed by atoms with Crippen molar-refractivity contribution in [2.45, 2.75) is 6.92 Å². The Kier molecular flexibility index (Phi) is 5.98. The van der Waals surface area contributed by atoms with Crippen molar-refractivity contribution in [3.05, 3.63) is 70.1 Å². The fraction of sp³-hybridized carbons (Fsp3) is 0.150. The largest absolute Gasteiger partial charge is 0.451 e. The summed E-state index contributed by atoms with van der Waals surface area (Å²) in [5.74, 6) is -1.69. The molecule has 2 aromatic carbocycles. The van der Waals surface area contributed by atoms with Crippen LogP contribution in [-0.4, -0.2) is 41.1 Å². The number of rotatable bonds is 6. The van der Waals surface area contributed by atoms with Crippen molar-refractivity contribution in [1.82, 2.24) is 15.5 Å². The lowest BCUT2D eigenvalue weighted by molar-refractivity contribution is -0.119. The zero-order valence-electron chi connectivity index (χ0n) is 15.5. The number of carbonyl (C=O) groups is 3. The van der Waals surface area contributed by atoms with E-state index in [1.54, 1.807) is 49.4 Å². The molecule has 3 rings (SSSR count). The molecule has 29 heavy (non-hydrogen) atoms. The number of nitrogens with zero attached hydrogens (tertiary/aromatic N) is 1. The van der Waals surface area contributed by atoms with Gasteiger partial charge in [-0.05, 0) is 31.2 Å². The molecule has 0 radical (unpaired) electrons. The van der Waals surface area contributed by atoms with Gasteiger partial charge in [0.15, 0.2) is 12.3 Å². The van der Waals surface area contributed by atoms with E-state index in [0.717, 1.165) is 0 Å². The van der Waals surface area contributed by atoms with E-state index < -0.39 is 24.0 Å². The molecular weight excluding hydrogens is 376 g/mol. The smallest absolute Gasteiger partial charge is 0.359 e. The minimum atomic E-state index is -0.844. The van der Waals surface area contributed by atoms with E-state index in [1.165, 1.54) is 6.07 Å². The highest BCUT2D eigenvalue weighted by atomic mass is 16.5. The molecule has 9 nitrogen and oxygen atoms in total. The van der Waals surface area contributed by atoms with E-state index in [1.807, 2.05) is 0 Å². The van der Waals surface area contributed by atoms with Gasteiger partial charge in [-0.15, -0.1) is 0 Å². The predicted molar refractivity (Wildman–Crippen MR) is 106 cm³/mol. The second kappa shape index (κ2) is 8.79. The number of H-pyrrole nitrogens is 1. The molecule has 0 aliphatic heterocycles. The first-order valence-corrected chi connectivity index (χ1v) is 8.82. The van der Waals surface area contributed by atoms with E-state index in [4.69, 9.17) is 4.74 Å². The summed E-state index contributed by atoms with van der Waals surface area (Å²) >= 11 is 0. The van der Waals surface area contributed by atoms with Gasteiger partial charge in [-0.3, -0.25) is 14.4 Å². The van der Waals surface area contributed by atoms with E-state index in [2.05, 4.69) is 20.8 Å². The highest BCUT2D eigenvalue weighted by Gasteiger charge is 2.17. The SMILES string of the molecule is CCNC(=O)c1cccc(NC(=O)COC(=O)c2n[nH]c(=O)c3ccccc23)c1. The van der Waals surface area contributed by atoms with Gasteiger partial charge in [0.05, 0.1) is 5.39 Å². The molecule has 1 aromatic heterocycles. The van der Waals surface area contributed by atoms with Crippen molar-refractivity contribution in [3.8, 4) is 0 Å². The number of hydrogen-bond acceptors (Lipinski definition) is 6. The highest BCUT2D eigenvalue weighted by molar-refractivity contribution is 6.03. The third kappa shape index (κ3) is 4.64. The average Bonchev–Trinajstić information content (AvgIpc) is 2.73. The molecule has 0 saturated carbocycles. The normalized spacial score (nSPS) is 10.4. The van der Waals surface area contributed by atoms with Gasteiger partial charge in [0.1, 0.15) is 0 Å². The molecule has 0 atom stereocenters. The van der Waals surface area contributed by atoms with Crippen molar-refractivity contribution in [1.29, 1.82) is 0 Å². The number of anilines is 1. The van der Waals surface area contributed by atoms with E-state index in [0.29, 0.717) is 28.6 Å². The molecule has 0 unspecified atom stereocenters. The van der Waals surface area contributed by atoms with Crippen molar-refractivity contribution >= 4 is 34.2 Å². The zero-order valence-corrected chi connectivity index (χ0v) is 15.5. The van der Waals surface area contributed by atoms with Crippen LogP contribution in [0, 0.1) is 0 Å². The summed E-state index contributed by atoms with van der Waals surface area (Å²) in [6.07, 6.45) is 0. The lowest BCUT2D eigenvalue weighted by Gasteiger charge is -2.09. The molecule has 0 aliphatic carbocycles. The van der Waals surface area contributed by atoms with Gasteiger partial charge in [-0.1, -0.05) is 24.3 Å². The topological polar surface area (TPSA) is 130 Å². The lowest BCUT2D eigenvalue weighted by atomic mass is 10.1.